The zero-order valence-corrected chi connectivity index (χ0v) is 15.4. The highest BCUT2D eigenvalue weighted by atomic mass is 16.6. The molecule has 8 nitrogen and oxygen atoms in total. The van der Waals surface area contributed by atoms with E-state index in [4.69, 9.17) is 9.84 Å². The van der Waals surface area contributed by atoms with Gasteiger partial charge in [-0.15, -0.1) is 0 Å². The van der Waals surface area contributed by atoms with Gasteiger partial charge in [0.15, 0.2) is 6.29 Å². The monoisotopic (exact) mass is 373 g/mol. The highest BCUT2D eigenvalue weighted by molar-refractivity contribution is 5.83. The summed E-state index contributed by atoms with van der Waals surface area (Å²) in [6.45, 7) is 3.60. The summed E-state index contributed by atoms with van der Waals surface area (Å²) in [5, 5.41) is 40.7. The molecule has 1 heterocycles. The summed E-state index contributed by atoms with van der Waals surface area (Å²) in [6, 6.07) is -1.17. The van der Waals surface area contributed by atoms with Gasteiger partial charge in [-0.25, -0.2) is 0 Å². The van der Waals surface area contributed by atoms with Crippen LogP contribution in [0.2, 0.25) is 0 Å². The molecule has 0 spiro atoms. The summed E-state index contributed by atoms with van der Waals surface area (Å²) in [5.41, 5.74) is 0. The van der Waals surface area contributed by atoms with Crippen molar-refractivity contribution < 1.29 is 34.8 Å². The average molecular weight is 373 g/mol. The molecule has 2 aliphatic rings. The van der Waals surface area contributed by atoms with Crippen LogP contribution in [-0.2, 0) is 14.3 Å². The van der Waals surface area contributed by atoms with Gasteiger partial charge in [0, 0.05) is 19.3 Å². The number of Topliss-reactive ketones (excluding diaryl/α,β-unsaturated/α-hetero) is 1. The molecule has 2 fully saturated rings. The van der Waals surface area contributed by atoms with Gasteiger partial charge in [-0.3, -0.25) is 9.59 Å². The van der Waals surface area contributed by atoms with E-state index in [-0.39, 0.29) is 18.1 Å². The molecule has 0 radical (unpaired) electrons. The molecular formula is C18H31NO7. The lowest BCUT2D eigenvalue weighted by Gasteiger charge is -2.40. The van der Waals surface area contributed by atoms with Crippen LogP contribution >= 0.6 is 0 Å². The number of ketones is 1. The Morgan fingerprint density at radius 1 is 1.31 bits per heavy atom. The van der Waals surface area contributed by atoms with Crippen LogP contribution in [0.5, 0.6) is 0 Å². The molecule has 0 bridgehead atoms. The van der Waals surface area contributed by atoms with Gasteiger partial charge < -0.3 is 30.5 Å². The number of aliphatic hydroxyl groups excluding tert-OH is 4. The van der Waals surface area contributed by atoms with Crippen molar-refractivity contribution in [3.05, 3.63) is 12.2 Å². The molecule has 0 aromatic carbocycles. The first kappa shape index (κ1) is 22.7. The minimum absolute atomic E-state index is 0.0218. The summed E-state index contributed by atoms with van der Waals surface area (Å²) in [4.78, 5) is 23.0. The van der Waals surface area contributed by atoms with Crippen molar-refractivity contribution in [1.29, 1.82) is 0 Å². The number of allylic oxidation sites excluding steroid dienone is 2. The summed E-state index contributed by atoms with van der Waals surface area (Å²) >= 11 is 0. The normalized spacial score (nSPS) is 34.5. The first-order valence-electron chi connectivity index (χ1n) is 9.06. The third-order valence-electron chi connectivity index (χ3n) is 4.52. The Hall–Kier alpha value is -1.32. The second kappa shape index (κ2) is 11.4. The molecule has 8 heteroatoms. The van der Waals surface area contributed by atoms with E-state index in [0.29, 0.717) is 19.3 Å². The number of aliphatic hydroxyl groups is 4. The fraction of sp³-hybridized carbons (Fsp3) is 0.778. The molecule has 6 unspecified atom stereocenters. The Morgan fingerprint density at radius 3 is 2.46 bits per heavy atom. The molecule has 1 saturated heterocycles. The molecule has 1 aliphatic carbocycles. The molecule has 6 atom stereocenters. The first-order chi connectivity index (χ1) is 12.3. The van der Waals surface area contributed by atoms with Crippen molar-refractivity contribution in [2.45, 2.75) is 76.6 Å². The maximum absolute atomic E-state index is 11.9. The number of carbonyl (C=O) groups excluding carboxylic acids is 2. The minimum atomic E-state index is -1.52. The molecule has 5 N–H and O–H groups in total. The van der Waals surface area contributed by atoms with Crippen LogP contribution in [-0.4, -0.2) is 69.4 Å². The highest BCUT2D eigenvalue weighted by Gasteiger charge is 2.44. The third-order valence-corrected chi connectivity index (χ3v) is 4.52. The highest BCUT2D eigenvalue weighted by Crippen LogP contribution is 2.25. The van der Waals surface area contributed by atoms with Gasteiger partial charge in [0.25, 0.3) is 0 Å². The van der Waals surface area contributed by atoms with Crippen LogP contribution in [0.1, 0.15) is 46.0 Å². The van der Waals surface area contributed by atoms with E-state index < -0.39 is 43.2 Å². The van der Waals surface area contributed by atoms with E-state index in [9.17, 15) is 24.9 Å². The van der Waals surface area contributed by atoms with Gasteiger partial charge >= 0.3 is 0 Å². The Morgan fingerprint density at radius 2 is 2.00 bits per heavy atom. The molecule has 1 aliphatic heterocycles. The van der Waals surface area contributed by atoms with Crippen molar-refractivity contribution in [2.75, 3.05) is 6.61 Å². The van der Waals surface area contributed by atoms with E-state index >= 15 is 0 Å². The largest absolute Gasteiger partial charge is 0.394 e. The zero-order valence-electron chi connectivity index (χ0n) is 15.4. The lowest BCUT2D eigenvalue weighted by Crippen LogP contribution is -2.64. The van der Waals surface area contributed by atoms with Crippen LogP contribution < -0.4 is 5.32 Å². The van der Waals surface area contributed by atoms with E-state index in [1.807, 2.05) is 6.92 Å². The number of carbonyl (C=O) groups is 2. The minimum Gasteiger partial charge on any atom is -0.394 e. The summed E-state index contributed by atoms with van der Waals surface area (Å²) in [7, 11) is 0. The van der Waals surface area contributed by atoms with Crippen molar-refractivity contribution in [1.82, 2.24) is 5.32 Å². The second-order valence-electron chi connectivity index (χ2n) is 6.65. The molecule has 150 valence electrons. The molecule has 1 amide bonds. The van der Waals surface area contributed by atoms with Gasteiger partial charge in [-0.1, -0.05) is 19.1 Å². The van der Waals surface area contributed by atoms with E-state index in [2.05, 4.69) is 24.4 Å². The lowest BCUT2D eigenvalue weighted by atomic mass is 9.96. The van der Waals surface area contributed by atoms with Gasteiger partial charge in [-0.2, -0.15) is 0 Å². The van der Waals surface area contributed by atoms with Crippen molar-refractivity contribution in [3.8, 4) is 0 Å². The molecule has 0 aromatic heterocycles. The summed E-state index contributed by atoms with van der Waals surface area (Å²) < 4.78 is 4.95. The molecule has 2 rings (SSSR count). The van der Waals surface area contributed by atoms with Crippen molar-refractivity contribution in [2.24, 2.45) is 5.92 Å². The number of hydrogen-bond acceptors (Lipinski definition) is 7. The van der Waals surface area contributed by atoms with Gasteiger partial charge in [0.1, 0.15) is 30.1 Å². The predicted molar refractivity (Wildman–Crippen MR) is 94.0 cm³/mol. The molecular weight excluding hydrogens is 342 g/mol. The Balaban J connectivity index is 0.000000597. The average Bonchev–Trinajstić information content (AvgIpc) is 3.01. The lowest BCUT2D eigenvalue weighted by molar-refractivity contribution is -0.253. The summed E-state index contributed by atoms with van der Waals surface area (Å²) in [6.07, 6.45) is 1.51. The number of ether oxygens (including phenoxy) is 1. The Labute approximate surface area is 153 Å². The van der Waals surface area contributed by atoms with Crippen LogP contribution in [0.3, 0.4) is 0 Å². The number of amides is 1. The number of nitrogens with one attached hydrogen (secondary N) is 1. The topological polar surface area (TPSA) is 136 Å². The van der Waals surface area contributed by atoms with E-state index in [1.165, 1.54) is 0 Å². The van der Waals surface area contributed by atoms with Gasteiger partial charge in [0.2, 0.25) is 5.91 Å². The first-order valence-corrected chi connectivity index (χ1v) is 9.06. The van der Waals surface area contributed by atoms with Crippen LogP contribution in [0.25, 0.3) is 0 Å². The summed E-state index contributed by atoms with van der Waals surface area (Å²) in [5.74, 6) is -0.308. The maximum atomic E-state index is 11.9. The second-order valence-corrected chi connectivity index (χ2v) is 6.65. The standard InChI is InChI=1S/C13H21NO7.C5H10/c15-5-8-11(18)12(19)10(13(20)21-8)14-9(17)4-6-1-2-7(16)3-6;1-3-5-4-2/h6,8,10-13,15,18-20H,1-5H2,(H,14,17);3,5H,4H2,1-2H3/b;5-3-. The third kappa shape index (κ3) is 6.77. The van der Waals surface area contributed by atoms with Gasteiger partial charge in [-0.05, 0) is 25.7 Å². The predicted octanol–water partition coefficient (Wildman–Crippen LogP) is -0.366. The van der Waals surface area contributed by atoms with Crippen LogP contribution in [0, 0.1) is 5.92 Å². The van der Waals surface area contributed by atoms with Crippen LogP contribution in [0.15, 0.2) is 12.2 Å². The zero-order chi connectivity index (χ0) is 19.7. The van der Waals surface area contributed by atoms with E-state index in [1.54, 1.807) is 0 Å². The molecule has 0 aromatic rings. The SMILES string of the molecule is C/C=C\CC.O=C1CCC(CC(=O)NC2C(O)OC(CO)C(O)C2O)C1. The fourth-order valence-electron chi connectivity index (χ4n) is 3.06. The van der Waals surface area contributed by atoms with Crippen molar-refractivity contribution in [3.63, 3.8) is 0 Å². The van der Waals surface area contributed by atoms with Crippen LogP contribution in [0.4, 0.5) is 0 Å². The maximum Gasteiger partial charge on any atom is 0.220 e. The number of hydrogen-bond donors (Lipinski definition) is 5. The Bertz CT molecular complexity index is 482. The molecule has 26 heavy (non-hydrogen) atoms. The quantitative estimate of drug-likeness (QED) is 0.415. The smallest absolute Gasteiger partial charge is 0.220 e. The van der Waals surface area contributed by atoms with E-state index in [0.717, 1.165) is 6.42 Å². The fourth-order valence-corrected chi connectivity index (χ4v) is 3.06. The Kier molecular flexibility index (Phi) is 9.97. The molecule has 1 saturated carbocycles. The number of rotatable bonds is 5. The van der Waals surface area contributed by atoms with Crippen molar-refractivity contribution >= 4 is 11.7 Å². The van der Waals surface area contributed by atoms with Gasteiger partial charge in [0.05, 0.1) is 6.61 Å².